The van der Waals surface area contributed by atoms with Gasteiger partial charge in [-0.2, -0.15) is 8.42 Å². The number of carboxylic acid groups (broad SMARTS) is 1. The molecule has 3 rings (SSSR count). The van der Waals surface area contributed by atoms with Crippen LogP contribution in [0.15, 0.2) is 9.93 Å². The minimum Gasteiger partial charge on any atom is -0.477 e. The SMILES string of the molecule is C[C@@H](O)[C@H]1C(=O)N2C(C(=O)O)=C(S[C@H]3CN[C@@H](CNS(N)(=O)=O)C3)S[C@H]12. The van der Waals surface area contributed by atoms with E-state index in [9.17, 15) is 28.2 Å². The second-order valence-corrected chi connectivity index (χ2v) is 10.5. The molecule has 0 bridgehead atoms. The van der Waals surface area contributed by atoms with Crippen LogP contribution in [0.25, 0.3) is 0 Å². The predicted molar refractivity (Wildman–Crippen MR) is 97.0 cm³/mol. The van der Waals surface area contributed by atoms with Gasteiger partial charge in [0.2, 0.25) is 5.91 Å². The summed E-state index contributed by atoms with van der Waals surface area (Å²) in [6.45, 7) is 2.26. The van der Waals surface area contributed by atoms with E-state index >= 15 is 0 Å². The molecule has 0 aliphatic carbocycles. The van der Waals surface area contributed by atoms with Crippen LogP contribution in [0.5, 0.6) is 0 Å². The first-order valence-corrected chi connectivity index (χ1v) is 11.2. The Morgan fingerprint density at radius 2 is 2.27 bits per heavy atom. The number of carboxylic acids is 1. The number of aliphatic carboxylic acids is 1. The largest absolute Gasteiger partial charge is 0.477 e. The number of nitrogens with zero attached hydrogens (tertiary/aromatic N) is 1. The summed E-state index contributed by atoms with van der Waals surface area (Å²) >= 11 is 2.66. The van der Waals surface area contributed by atoms with Crippen molar-refractivity contribution in [2.45, 2.75) is 36.1 Å². The van der Waals surface area contributed by atoms with Crippen molar-refractivity contribution >= 4 is 45.6 Å². The molecule has 0 aromatic carbocycles. The van der Waals surface area contributed by atoms with Crippen molar-refractivity contribution in [3.8, 4) is 0 Å². The third-order valence-corrected chi connectivity index (χ3v) is 7.85. The summed E-state index contributed by atoms with van der Waals surface area (Å²) < 4.78 is 24.7. The van der Waals surface area contributed by atoms with E-state index in [2.05, 4.69) is 10.0 Å². The third kappa shape index (κ3) is 3.88. The number of thioether (sulfide) groups is 2. The molecular weight excluding hydrogens is 404 g/mol. The van der Waals surface area contributed by atoms with E-state index in [1.165, 1.54) is 35.3 Å². The molecule has 0 radical (unpaired) electrons. The summed E-state index contributed by atoms with van der Waals surface area (Å²) in [4.78, 5) is 25.0. The molecular formula is C13H20N4O6S3. The van der Waals surface area contributed by atoms with Gasteiger partial charge in [0.25, 0.3) is 10.2 Å². The maximum atomic E-state index is 12.2. The Hall–Kier alpha value is -0.830. The number of carbonyl (C=O) groups excluding carboxylic acids is 1. The number of fused-ring (bicyclic) bond motifs is 1. The molecule has 0 saturated carbocycles. The Labute approximate surface area is 159 Å². The minimum atomic E-state index is -3.75. The van der Waals surface area contributed by atoms with Gasteiger partial charge in [-0.15, -0.1) is 11.8 Å². The van der Waals surface area contributed by atoms with Crippen molar-refractivity contribution < 1.29 is 28.2 Å². The topological polar surface area (TPSA) is 162 Å². The first-order chi connectivity index (χ1) is 12.1. The number of aliphatic hydroxyl groups excluding tert-OH is 1. The molecule has 2 fully saturated rings. The number of carbonyl (C=O) groups is 2. The van der Waals surface area contributed by atoms with Gasteiger partial charge < -0.3 is 15.5 Å². The number of β-lactam (4-membered cyclic amide) rings is 1. The smallest absolute Gasteiger partial charge is 0.354 e. The lowest BCUT2D eigenvalue weighted by Crippen LogP contribution is -2.60. The normalized spacial score (nSPS) is 32.6. The van der Waals surface area contributed by atoms with Gasteiger partial charge in [-0.3, -0.25) is 9.69 Å². The number of amides is 1. The lowest BCUT2D eigenvalue weighted by molar-refractivity contribution is -0.156. The van der Waals surface area contributed by atoms with Crippen LogP contribution in [0.3, 0.4) is 0 Å². The Kier molecular flexibility index (Phi) is 5.59. The van der Waals surface area contributed by atoms with Gasteiger partial charge in [0.05, 0.1) is 16.3 Å². The molecule has 3 heterocycles. The zero-order chi connectivity index (χ0) is 19.2. The number of hydrogen-bond acceptors (Lipinski definition) is 8. The zero-order valence-corrected chi connectivity index (χ0v) is 16.2. The number of aliphatic hydroxyl groups is 1. The summed E-state index contributed by atoms with van der Waals surface area (Å²) in [5, 5.41) is 27.0. The molecule has 26 heavy (non-hydrogen) atoms. The standard InChI is InChI=1S/C13H20N4O6S3/c1-5(18)8-10(19)17-9(12(20)21)13(25-11(8)17)24-7-2-6(15-4-7)3-16-26(14,22)23/h5-8,11,15-16,18H,2-4H2,1H3,(H,20,21)(H2,14,22,23)/t5-,6-,7-,8+,11-/m1/s1. The average molecular weight is 425 g/mol. The first-order valence-electron chi connectivity index (χ1n) is 7.91. The molecule has 13 heteroatoms. The van der Waals surface area contributed by atoms with E-state index in [1.807, 2.05) is 0 Å². The minimum absolute atomic E-state index is 0.0296. The number of hydrogen-bond donors (Lipinski definition) is 5. The molecule has 5 atom stereocenters. The van der Waals surface area contributed by atoms with Crippen molar-refractivity contribution in [1.29, 1.82) is 0 Å². The highest BCUT2D eigenvalue weighted by molar-refractivity contribution is 8.23. The van der Waals surface area contributed by atoms with Crippen LogP contribution in [0.2, 0.25) is 0 Å². The fourth-order valence-electron chi connectivity index (χ4n) is 3.23. The van der Waals surface area contributed by atoms with Gasteiger partial charge >= 0.3 is 5.97 Å². The van der Waals surface area contributed by atoms with Gasteiger partial charge in [0.1, 0.15) is 5.37 Å². The van der Waals surface area contributed by atoms with E-state index in [1.54, 1.807) is 0 Å². The predicted octanol–water partition coefficient (Wildman–Crippen LogP) is -1.59. The monoisotopic (exact) mass is 424 g/mol. The molecule has 0 spiro atoms. The maximum Gasteiger partial charge on any atom is 0.354 e. The first kappa shape index (κ1) is 19.9. The van der Waals surface area contributed by atoms with Crippen LogP contribution in [-0.2, 0) is 19.8 Å². The Morgan fingerprint density at radius 1 is 1.58 bits per heavy atom. The van der Waals surface area contributed by atoms with E-state index in [4.69, 9.17) is 5.14 Å². The summed E-state index contributed by atoms with van der Waals surface area (Å²) in [5.41, 5.74) is -0.0296. The van der Waals surface area contributed by atoms with Crippen LogP contribution in [-0.4, -0.2) is 71.3 Å². The quantitative estimate of drug-likeness (QED) is 0.303. The fraction of sp³-hybridized carbons (Fsp3) is 0.692. The molecule has 146 valence electrons. The fourth-order valence-corrected chi connectivity index (χ4v) is 7.02. The van der Waals surface area contributed by atoms with Crippen LogP contribution in [0.4, 0.5) is 0 Å². The molecule has 0 aromatic heterocycles. The highest BCUT2D eigenvalue weighted by Crippen LogP contribution is 2.54. The summed E-state index contributed by atoms with van der Waals surface area (Å²) in [6, 6.07) is -0.102. The molecule has 0 aromatic rings. The van der Waals surface area contributed by atoms with Crippen LogP contribution < -0.4 is 15.2 Å². The van der Waals surface area contributed by atoms with Crippen molar-refractivity contribution in [2.75, 3.05) is 13.1 Å². The summed E-state index contributed by atoms with van der Waals surface area (Å²) in [6.07, 6.45) is -0.208. The molecule has 2 saturated heterocycles. The van der Waals surface area contributed by atoms with Gasteiger partial charge in [-0.1, -0.05) is 11.8 Å². The molecule has 10 nitrogen and oxygen atoms in total. The Bertz CT molecular complexity index is 755. The number of nitrogens with two attached hydrogens (primary N) is 1. The Morgan fingerprint density at radius 3 is 2.85 bits per heavy atom. The maximum absolute atomic E-state index is 12.2. The zero-order valence-electron chi connectivity index (χ0n) is 13.8. The van der Waals surface area contributed by atoms with Crippen LogP contribution in [0, 0.1) is 5.92 Å². The molecule has 6 N–H and O–H groups in total. The highest BCUT2D eigenvalue weighted by Gasteiger charge is 2.58. The van der Waals surface area contributed by atoms with Crippen LogP contribution >= 0.6 is 23.5 Å². The van der Waals surface area contributed by atoms with E-state index in [-0.39, 0.29) is 34.8 Å². The van der Waals surface area contributed by atoms with Crippen molar-refractivity contribution in [3.63, 3.8) is 0 Å². The Balaban J connectivity index is 1.65. The van der Waals surface area contributed by atoms with Gasteiger partial charge in [-0.25, -0.2) is 14.7 Å². The lowest BCUT2D eigenvalue weighted by Gasteiger charge is -2.43. The van der Waals surface area contributed by atoms with Gasteiger partial charge in [0.15, 0.2) is 5.70 Å². The number of rotatable bonds is 7. The average Bonchev–Trinajstić information content (AvgIpc) is 3.07. The van der Waals surface area contributed by atoms with E-state index in [0.717, 1.165) is 0 Å². The second kappa shape index (κ2) is 7.30. The summed E-state index contributed by atoms with van der Waals surface area (Å²) in [5.74, 6) is -2.13. The molecule has 3 aliphatic rings. The lowest BCUT2D eigenvalue weighted by atomic mass is 9.92. The summed E-state index contributed by atoms with van der Waals surface area (Å²) in [7, 11) is -3.75. The second-order valence-electron chi connectivity index (χ2n) is 6.40. The molecule has 3 aliphatic heterocycles. The van der Waals surface area contributed by atoms with E-state index < -0.39 is 28.2 Å². The molecule has 1 amide bonds. The number of nitrogens with one attached hydrogen (secondary N) is 2. The van der Waals surface area contributed by atoms with Crippen LogP contribution in [0.1, 0.15) is 13.3 Å². The highest BCUT2D eigenvalue weighted by atomic mass is 32.2. The van der Waals surface area contributed by atoms with E-state index in [0.29, 0.717) is 17.2 Å². The van der Waals surface area contributed by atoms with Crippen molar-refractivity contribution in [1.82, 2.24) is 14.9 Å². The van der Waals surface area contributed by atoms with Gasteiger partial charge in [-0.05, 0) is 13.3 Å². The third-order valence-electron chi connectivity index (χ3n) is 4.45. The van der Waals surface area contributed by atoms with Crippen molar-refractivity contribution in [3.05, 3.63) is 9.93 Å². The molecule has 0 unspecified atom stereocenters. The van der Waals surface area contributed by atoms with Crippen molar-refractivity contribution in [2.24, 2.45) is 11.1 Å². The van der Waals surface area contributed by atoms with Gasteiger partial charge in [0, 0.05) is 24.4 Å².